The molecule has 4 nitrogen and oxygen atoms in total. The number of benzene rings is 2. The zero-order chi connectivity index (χ0) is 17.8. The van der Waals surface area contributed by atoms with Crippen molar-refractivity contribution in [3.8, 4) is 11.3 Å². The number of hydrogen-bond acceptors (Lipinski definition) is 5. The van der Waals surface area contributed by atoms with Crippen LogP contribution < -0.4 is 0 Å². The molecule has 4 rings (SSSR count). The average molecular weight is 365 g/mol. The number of carbonyl (C=O) groups excluding carboxylic acids is 1. The van der Waals surface area contributed by atoms with E-state index in [0.29, 0.717) is 11.7 Å². The molecule has 1 heterocycles. The Morgan fingerprint density at radius 1 is 1.12 bits per heavy atom. The first-order chi connectivity index (χ1) is 12.8. The summed E-state index contributed by atoms with van der Waals surface area (Å²) >= 11 is 1.51. The van der Waals surface area contributed by atoms with Gasteiger partial charge in [0.1, 0.15) is 0 Å². The fourth-order valence-corrected chi connectivity index (χ4v) is 3.83. The third-order valence-corrected chi connectivity index (χ3v) is 5.36. The topological polar surface area (TPSA) is 52.3 Å². The van der Waals surface area contributed by atoms with Crippen LogP contribution in [0, 0.1) is 0 Å². The number of oxazole rings is 1. The maximum Gasteiger partial charge on any atom is 0.316 e. The second kappa shape index (κ2) is 7.79. The summed E-state index contributed by atoms with van der Waals surface area (Å²) < 4.78 is 10.9. The van der Waals surface area contributed by atoms with Gasteiger partial charge in [0.25, 0.3) is 0 Å². The lowest BCUT2D eigenvalue weighted by Gasteiger charge is -2.05. The first kappa shape index (κ1) is 16.9. The summed E-state index contributed by atoms with van der Waals surface area (Å²) in [5.74, 6) is 1.09. The Hall–Kier alpha value is -2.53. The Bertz CT molecular complexity index is 905. The quantitative estimate of drug-likeness (QED) is 0.469. The molecule has 5 heteroatoms. The summed E-state index contributed by atoms with van der Waals surface area (Å²) in [5, 5.41) is 0. The van der Waals surface area contributed by atoms with E-state index in [1.807, 2.05) is 30.3 Å². The van der Waals surface area contributed by atoms with Gasteiger partial charge < -0.3 is 9.15 Å². The predicted molar refractivity (Wildman–Crippen MR) is 101 cm³/mol. The minimum atomic E-state index is -0.269. The van der Waals surface area contributed by atoms with Gasteiger partial charge in [0.05, 0.1) is 11.9 Å². The van der Waals surface area contributed by atoms with Crippen molar-refractivity contribution in [2.45, 2.75) is 30.8 Å². The number of thioether (sulfide) groups is 1. The van der Waals surface area contributed by atoms with Crippen molar-refractivity contribution in [2.24, 2.45) is 0 Å². The van der Waals surface area contributed by atoms with Gasteiger partial charge in [-0.1, -0.05) is 36.4 Å². The molecule has 1 aromatic heterocycles. The van der Waals surface area contributed by atoms with Crippen LogP contribution in [0.3, 0.4) is 0 Å². The highest BCUT2D eigenvalue weighted by Gasteiger charge is 2.13. The molecule has 26 heavy (non-hydrogen) atoms. The first-order valence-electron chi connectivity index (χ1n) is 8.68. The molecule has 0 unspecified atom stereocenters. The number of esters is 1. The van der Waals surface area contributed by atoms with Crippen molar-refractivity contribution >= 4 is 17.7 Å². The fraction of sp³-hybridized carbons (Fsp3) is 0.238. The maximum absolute atomic E-state index is 12.0. The minimum absolute atomic E-state index is 0.0520. The molecule has 0 spiro atoms. The molecule has 0 N–H and O–H groups in total. The van der Waals surface area contributed by atoms with E-state index < -0.39 is 0 Å². The lowest BCUT2D eigenvalue weighted by Crippen LogP contribution is -2.07. The summed E-state index contributed by atoms with van der Waals surface area (Å²) in [5.41, 5.74) is 3.80. The van der Waals surface area contributed by atoms with Crippen molar-refractivity contribution in [2.75, 3.05) is 5.75 Å². The standard InChI is InChI=1S/C21H19NO3S/c23-21(14-26-18-10-9-15-7-4-8-17(15)11-18)24-13-20-22-12-19(25-20)16-5-2-1-3-6-16/h1-3,5-6,9-12H,4,7-8,13-14H2. The van der Waals surface area contributed by atoms with E-state index in [1.165, 1.54) is 35.7 Å². The number of nitrogens with zero attached hydrogens (tertiary/aromatic N) is 1. The highest BCUT2D eigenvalue weighted by Crippen LogP contribution is 2.27. The smallest absolute Gasteiger partial charge is 0.316 e. The normalized spacial score (nSPS) is 12.8. The first-order valence-corrected chi connectivity index (χ1v) is 9.67. The molecule has 0 amide bonds. The zero-order valence-corrected chi connectivity index (χ0v) is 15.1. The minimum Gasteiger partial charge on any atom is -0.455 e. The van der Waals surface area contributed by atoms with E-state index in [4.69, 9.17) is 9.15 Å². The van der Waals surface area contributed by atoms with Crippen LogP contribution in [0.1, 0.15) is 23.4 Å². The van der Waals surface area contributed by atoms with Crippen molar-refractivity contribution in [1.82, 2.24) is 4.98 Å². The Balaban J connectivity index is 1.27. The molecule has 0 aliphatic heterocycles. The molecule has 0 bridgehead atoms. The molecule has 2 aromatic carbocycles. The third kappa shape index (κ3) is 3.99. The van der Waals surface area contributed by atoms with Gasteiger partial charge in [-0.25, -0.2) is 4.98 Å². The Morgan fingerprint density at radius 2 is 1.96 bits per heavy atom. The van der Waals surface area contributed by atoms with Gasteiger partial charge >= 0.3 is 5.97 Å². The van der Waals surface area contributed by atoms with Crippen LogP contribution in [0.25, 0.3) is 11.3 Å². The van der Waals surface area contributed by atoms with Gasteiger partial charge in [-0.3, -0.25) is 4.79 Å². The summed E-state index contributed by atoms with van der Waals surface area (Å²) in [7, 11) is 0. The van der Waals surface area contributed by atoms with Gasteiger partial charge in [0.15, 0.2) is 12.4 Å². The Kier molecular flexibility index (Phi) is 5.07. The average Bonchev–Trinajstić information content (AvgIpc) is 3.34. The van der Waals surface area contributed by atoms with Gasteiger partial charge in [0, 0.05) is 10.5 Å². The van der Waals surface area contributed by atoms with Crippen LogP contribution in [-0.2, 0) is 29.0 Å². The molecule has 1 aliphatic carbocycles. The number of aryl methyl sites for hydroxylation is 2. The molecule has 3 aromatic rings. The van der Waals surface area contributed by atoms with Gasteiger partial charge in [-0.05, 0) is 42.5 Å². The van der Waals surface area contributed by atoms with Gasteiger partial charge in [-0.15, -0.1) is 11.8 Å². The summed E-state index contributed by atoms with van der Waals surface area (Å²) in [6.07, 6.45) is 5.19. The van der Waals surface area contributed by atoms with E-state index in [-0.39, 0.29) is 18.3 Å². The van der Waals surface area contributed by atoms with Crippen LogP contribution in [0.5, 0.6) is 0 Å². The third-order valence-electron chi connectivity index (χ3n) is 4.40. The van der Waals surface area contributed by atoms with E-state index in [0.717, 1.165) is 16.9 Å². The SMILES string of the molecule is O=C(CSc1ccc2c(c1)CCC2)OCc1ncc(-c2ccccc2)o1. The van der Waals surface area contributed by atoms with Crippen LogP contribution in [0.4, 0.5) is 0 Å². The van der Waals surface area contributed by atoms with E-state index in [1.54, 1.807) is 6.20 Å². The number of aromatic nitrogens is 1. The summed E-state index contributed by atoms with van der Waals surface area (Å²) in [6.45, 7) is 0.0520. The van der Waals surface area contributed by atoms with Crippen molar-refractivity contribution in [3.05, 3.63) is 71.7 Å². The summed E-state index contributed by atoms with van der Waals surface area (Å²) in [6, 6.07) is 16.2. The Morgan fingerprint density at radius 3 is 2.85 bits per heavy atom. The van der Waals surface area contributed by atoms with Crippen LogP contribution >= 0.6 is 11.8 Å². The van der Waals surface area contributed by atoms with Gasteiger partial charge in [0.2, 0.25) is 5.89 Å². The van der Waals surface area contributed by atoms with Crippen molar-refractivity contribution < 1.29 is 13.9 Å². The number of ether oxygens (including phenoxy) is 1. The fourth-order valence-electron chi connectivity index (χ4n) is 3.08. The Labute approximate surface area is 156 Å². The predicted octanol–water partition coefficient (Wildman–Crippen LogP) is 4.67. The van der Waals surface area contributed by atoms with Crippen LogP contribution in [0.2, 0.25) is 0 Å². The van der Waals surface area contributed by atoms with Crippen molar-refractivity contribution in [1.29, 1.82) is 0 Å². The maximum atomic E-state index is 12.0. The monoisotopic (exact) mass is 365 g/mol. The van der Waals surface area contributed by atoms with Crippen LogP contribution in [-0.4, -0.2) is 16.7 Å². The highest BCUT2D eigenvalue weighted by atomic mass is 32.2. The number of fused-ring (bicyclic) bond motifs is 1. The lowest BCUT2D eigenvalue weighted by atomic mass is 10.1. The molecule has 1 aliphatic rings. The second-order valence-electron chi connectivity index (χ2n) is 6.22. The molecule has 0 saturated carbocycles. The van der Waals surface area contributed by atoms with Gasteiger partial charge in [-0.2, -0.15) is 0 Å². The molecular formula is C21H19NO3S. The summed E-state index contributed by atoms with van der Waals surface area (Å²) in [4.78, 5) is 17.3. The van der Waals surface area contributed by atoms with E-state index >= 15 is 0 Å². The molecule has 0 atom stereocenters. The molecule has 0 fully saturated rings. The number of rotatable bonds is 6. The molecule has 0 saturated heterocycles. The van der Waals surface area contributed by atoms with E-state index in [2.05, 4.69) is 23.2 Å². The number of carbonyl (C=O) groups is 1. The van der Waals surface area contributed by atoms with Crippen LogP contribution in [0.15, 0.2) is 64.0 Å². The lowest BCUT2D eigenvalue weighted by molar-refractivity contribution is -0.142. The second-order valence-corrected chi connectivity index (χ2v) is 7.27. The molecule has 132 valence electrons. The molecule has 0 radical (unpaired) electrons. The zero-order valence-electron chi connectivity index (χ0n) is 14.3. The largest absolute Gasteiger partial charge is 0.455 e. The number of hydrogen-bond donors (Lipinski definition) is 0. The van der Waals surface area contributed by atoms with Crippen molar-refractivity contribution in [3.63, 3.8) is 0 Å². The van der Waals surface area contributed by atoms with E-state index in [9.17, 15) is 4.79 Å². The highest BCUT2D eigenvalue weighted by molar-refractivity contribution is 8.00. The molecular weight excluding hydrogens is 346 g/mol.